The minimum atomic E-state index is -0.0269. The Balaban J connectivity index is 1.53. The van der Waals surface area contributed by atoms with Crippen LogP contribution in [0.25, 0.3) is 0 Å². The first-order valence-corrected chi connectivity index (χ1v) is 10.3. The molecule has 0 aliphatic heterocycles. The maximum absolute atomic E-state index is 12.4. The summed E-state index contributed by atoms with van der Waals surface area (Å²) in [6, 6.07) is 8.19. The monoisotopic (exact) mass is 385 g/mol. The highest BCUT2D eigenvalue weighted by atomic mass is 16.5. The van der Waals surface area contributed by atoms with Crippen molar-refractivity contribution < 1.29 is 14.1 Å². The molecule has 2 aromatic rings. The van der Waals surface area contributed by atoms with E-state index in [4.69, 9.17) is 9.26 Å². The third-order valence-electron chi connectivity index (χ3n) is 5.66. The van der Waals surface area contributed by atoms with Gasteiger partial charge in [-0.15, -0.1) is 0 Å². The number of amides is 1. The first-order valence-electron chi connectivity index (χ1n) is 10.3. The fourth-order valence-corrected chi connectivity index (χ4v) is 4.04. The van der Waals surface area contributed by atoms with Crippen molar-refractivity contribution in [2.75, 3.05) is 13.7 Å². The molecule has 1 fully saturated rings. The molecule has 1 aliphatic carbocycles. The number of hydrogen-bond donors (Lipinski definition) is 1. The van der Waals surface area contributed by atoms with Crippen molar-refractivity contribution in [1.29, 1.82) is 0 Å². The van der Waals surface area contributed by atoms with Crippen LogP contribution in [-0.2, 0) is 16.6 Å². The van der Waals surface area contributed by atoms with E-state index in [0.717, 1.165) is 24.4 Å². The van der Waals surface area contributed by atoms with Crippen molar-refractivity contribution in [2.24, 2.45) is 0 Å². The Morgan fingerprint density at radius 3 is 2.71 bits per heavy atom. The summed E-state index contributed by atoms with van der Waals surface area (Å²) >= 11 is 0. The van der Waals surface area contributed by atoms with Gasteiger partial charge in [0.05, 0.1) is 7.11 Å². The fourth-order valence-electron chi connectivity index (χ4n) is 4.04. The minimum Gasteiger partial charge on any atom is -0.496 e. The van der Waals surface area contributed by atoms with Gasteiger partial charge in [0.15, 0.2) is 5.82 Å². The molecule has 0 unspecified atom stereocenters. The Bertz CT molecular complexity index is 779. The molecule has 3 rings (SSSR count). The van der Waals surface area contributed by atoms with Crippen LogP contribution < -0.4 is 10.1 Å². The lowest BCUT2D eigenvalue weighted by atomic mass is 9.78. The van der Waals surface area contributed by atoms with E-state index in [1.54, 1.807) is 7.11 Å². The fraction of sp³-hybridized carbons (Fsp3) is 0.591. The second-order valence-corrected chi connectivity index (χ2v) is 8.02. The number of ether oxygens (including phenoxy) is 1. The van der Waals surface area contributed by atoms with E-state index in [2.05, 4.69) is 27.6 Å². The Kier molecular flexibility index (Phi) is 6.70. The van der Waals surface area contributed by atoms with E-state index in [9.17, 15) is 4.79 Å². The van der Waals surface area contributed by atoms with Gasteiger partial charge in [0.2, 0.25) is 11.8 Å². The molecule has 0 radical (unpaired) electrons. The van der Waals surface area contributed by atoms with Crippen LogP contribution in [0.5, 0.6) is 5.75 Å². The van der Waals surface area contributed by atoms with Gasteiger partial charge in [-0.25, -0.2) is 0 Å². The number of para-hydroxylation sites is 1. The highest BCUT2D eigenvalue weighted by molar-refractivity contribution is 5.76. The lowest BCUT2D eigenvalue weighted by Crippen LogP contribution is -2.39. The van der Waals surface area contributed by atoms with Crippen molar-refractivity contribution in [1.82, 2.24) is 15.5 Å². The van der Waals surface area contributed by atoms with Gasteiger partial charge in [-0.2, -0.15) is 4.98 Å². The van der Waals surface area contributed by atoms with Crippen molar-refractivity contribution in [3.8, 4) is 5.75 Å². The van der Waals surface area contributed by atoms with Crippen molar-refractivity contribution in [2.45, 2.75) is 70.1 Å². The standard InChI is InChI=1S/C22H31N3O3/c1-16(2)21-24-20(28-25-21)12-8-11-19(26)23-15-22(13-6-7-14-22)17-9-4-5-10-18(17)27-3/h4-5,9-10,16H,6-8,11-15H2,1-3H3,(H,23,26). The molecule has 28 heavy (non-hydrogen) atoms. The molecule has 1 N–H and O–H groups in total. The molecule has 1 saturated carbocycles. The van der Waals surface area contributed by atoms with Gasteiger partial charge in [-0.1, -0.05) is 50.0 Å². The third kappa shape index (κ3) is 4.72. The lowest BCUT2D eigenvalue weighted by molar-refractivity contribution is -0.121. The molecule has 0 bridgehead atoms. The molecule has 1 aliphatic rings. The number of nitrogens with one attached hydrogen (secondary N) is 1. The molecular formula is C22H31N3O3. The van der Waals surface area contributed by atoms with E-state index in [1.807, 2.05) is 26.0 Å². The average molecular weight is 386 g/mol. The van der Waals surface area contributed by atoms with E-state index in [-0.39, 0.29) is 17.2 Å². The number of benzene rings is 1. The van der Waals surface area contributed by atoms with E-state index in [1.165, 1.54) is 18.4 Å². The molecule has 0 spiro atoms. The van der Waals surface area contributed by atoms with Gasteiger partial charge in [-0.05, 0) is 25.3 Å². The molecule has 1 amide bonds. The summed E-state index contributed by atoms with van der Waals surface area (Å²) in [4.78, 5) is 16.8. The number of hydrogen-bond acceptors (Lipinski definition) is 5. The summed E-state index contributed by atoms with van der Waals surface area (Å²) in [5.74, 6) is 2.57. The van der Waals surface area contributed by atoms with Crippen LogP contribution >= 0.6 is 0 Å². The van der Waals surface area contributed by atoms with Gasteiger partial charge >= 0.3 is 0 Å². The van der Waals surface area contributed by atoms with Crippen LogP contribution in [0.15, 0.2) is 28.8 Å². The van der Waals surface area contributed by atoms with E-state index in [0.29, 0.717) is 31.7 Å². The summed E-state index contributed by atoms with van der Waals surface area (Å²) in [7, 11) is 1.71. The number of methoxy groups -OCH3 is 1. The predicted octanol–water partition coefficient (Wildman–Crippen LogP) is 4.15. The van der Waals surface area contributed by atoms with Crippen molar-refractivity contribution >= 4 is 5.91 Å². The molecule has 0 saturated heterocycles. The van der Waals surface area contributed by atoms with Crippen LogP contribution in [0.1, 0.15) is 75.6 Å². The van der Waals surface area contributed by atoms with Gasteiger partial charge in [-0.3, -0.25) is 4.79 Å². The quantitative estimate of drug-likeness (QED) is 0.701. The number of carbonyl (C=O) groups is 1. The molecular weight excluding hydrogens is 354 g/mol. The number of aryl methyl sites for hydroxylation is 1. The molecule has 6 nitrogen and oxygen atoms in total. The zero-order chi connectivity index (χ0) is 20.0. The highest BCUT2D eigenvalue weighted by Crippen LogP contribution is 2.44. The molecule has 0 atom stereocenters. The second-order valence-electron chi connectivity index (χ2n) is 8.02. The zero-order valence-corrected chi connectivity index (χ0v) is 17.2. The second kappa shape index (κ2) is 9.22. The van der Waals surface area contributed by atoms with Crippen LogP contribution in [-0.4, -0.2) is 29.7 Å². The Hall–Kier alpha value is -2.37. The summed E-state index contributed by atoms with van der Waals surface area (Å²) in [6.45, 7) is 4.72. The maximum Gasteiger partial charge on any atom is 0.226 e. The summed E-state index contributed by atoms with van der Waals surface area (Å²) in [5.41, 5.74) is 1.18. The first-order chi connectivity index (χ1) is 13.5. The average Bonchev–Trinajstić information content (AvgIpc) is 3.37. The minimum absolute atomic E-state index is 0.0269. The smallest absolute Gasteiger partial charge is 0.226 e. The van der Waals surface area contributed by atoms with Gasteiger partial charge in [0.25, 0.3) is 0 Å². The molecule has 1 aromatic heterocycles. The topological polar surface area (TPSA) is 77.2 Å². The SMILES string of the molecule is COc1ccccc1C1(CNC(=O)CCCc2nc(C(C)C)no2)CCCC1. The summed E-state index contributed by atoms with van der Waals surface area (Å²) in [5, 5.41) is 7.13. The summed E-state index contributed by atoms with van der Waals surface area (Å²) < 4.78 is 10.8. The third-order valence-corrected chi connectivity index (χ3v) is 5.66. The van der Waals surface area contributed by atoms with Crippen LogP contribution in [0.4, 0.5) is 0 Å². The predicted molar refractivity (Wildman–Crippen MR) is 107 cm³/mol. The number of carbonyl (C=O) groups excluding carboxylic acids is 1. The van der Waals surface area contributed by atoms with Gasteiger partial charge in [0, 0.05) is 36.3 Å². The highest BCUT2D eigenvalue weighted by Gasteiger charge is 2.37. The van der Waals surface area contributed by atoms with Crippen LogP contribution in [0.3, 0.4) is 0 Å². The molecule has 6 heteroatoms. The van der Waals surface area contributed by atoms with Gasteiger partial charge in [0.1, 0.15) is 5.75 Å². The maximum atomic E-state index is 12.4. The van der Waals surface area contributed by atoms with Crippen LogP contribution in [0, 0.1) is 0 Å². The van der Waals surface area contributed by atoms with Crippen molar-refractivity contribution in [3.63, 3.8) is 0 Å². The number of nitrogens with zero attached hydrogens (tertiary/aromatic N) is 2. The van der Waals surface area contributed by atoms with Crippen LogP contribution in [0.2, 0.25) is 0 Å². The lowest BCUT2D eigenvalue weighted by Gasteiger charge is -2.31. The Morgan fingerprint density at radius 2 is 2.04 bits per heavy atom. The number of aromatic nitrogens is 2. The first kappa shape index (κ1) is 20.4. The Morgan fingerprint density at radius 1 is 1.29 bits per heavy atom. The molecule has 152 valence electrons. The van der Waals surface area contributed by atoms with Crippen molar-refractivity contribution in [3.05, 3.63) is 41.5 Å². The molecule has 1 heterocycles. The molecule has 1 aromatic carbocycles. The van der Waals surface area contributed by atoms with E-state index < -0.39 is 0 Å². The zero-order valence-electron chi connectivity index (χ0n) is 17.2. The Labute approximate surface area is 167 Å². The summed E-state index contributed by atoms with van der Waals surface area (Å²) in [6.07, 6.45) is 6.31. The largest absolute Gasteiger partial charge is 0.496 e. The van der Waals surface area contributed by atoms with Gasteiger partial charge < -0.3 is 14.6 Å². The number of rotatable bonds is 9. The normalized spacial score (nSPS) is 15.7. The van der Waals surface area contributed by atoms with E-state index >= 15 is 0 Å².